The molecule has 3 N–H and O–H groups in total. The predicted molar refractivity (Wildman–Crippen MR) is 54.8 cm³/mol. The molecule has 1 aliphatic heterocycles. The zero-order valence-corrected chi connectivity index (χ0v) is 9.86. The van der Waals surface area contributed by atoms with Gasteiger partial charge in [-0.25, -0.2) is 4.79 Å². The van der Waals surface area contributed by atoms with Gasteiger partial charge in [-0.15, -0.1) is 0 Å². The van der Waals surface area contributed by atoms with Crippen molar-refractivity contribution < 1.29 is 33.0 Å². The van der Waals surface area contributed by atoms with Crippen LogP contribution in [0, 0.1) is 0 Å². The molecule has 0 unspecified atom stereocenters. The van der Waals surface area contributed by atoms with Crippen molar-refractivity contribution in [3.8, 4) is 0 Å². The monoisotopic (exact) mass is 272 g/mol. The highest BCUT2D eigenvalue weighted by Crippen LogP contribution is 2.13. The maximum absolute atomic E-state index is 11.2. The summed E-state index contributed by atoms with van der Waals surface area (Å²) in [6.45, 7) is 0.532. The molecule has 1 fully saturated rings. The highest BCUT2D eigenvalue weighted by atomic mass is 19.4. The van der Waals surface area contributed by atoms with Crippen LogP contribution in [-0.4, -0.2) is 66.0 Å². The van der Waals surface area contributed by atoms with E-state index in [2.05, 4.69) is 5.32 Å². The Morgan fingerprint density at radius 3 is 2.00 bits per heavy atom. The number of hydrogen-bond acceptors (Lipinski definition) is 4. The average Bonchev–Trinajstić information content (AvgIpc) is 2.63. The molecule has 6 nitrogen and oxygen atoms in total. The van der Waals surface area contributed by atoms with Gasteiger partial charge in [-0.1, -0.05) is 0 Å². The summed E-state index contributed by atoms with van der Waals surface area (Å²) >= 11 is 0. The van der Waals surface area contributed by atoms with Gasteiger partial charge < -0.3 is 20.4 Å². The summed E-state index contributed by atoms with van der Waals surface area (Å²) < 4.78 is 31.7. The van der Waals surface area contributed by atoms with E-state index >= 15 is 0 Å². The Hall–Kier alpha value is -1.35. The number of likely N-dealkylation sites (N-methyl/N-ethyl adjacent to an activating group) is 1. The fraction of sp³-hybridized carbons (Fsp3) is 0.778. The summed E-state index contributed by atoms with van der Waals surface area (Å²) in [7, 11) is 3.43. The van der Waals surface area contributed by atoms with Crippen molar-refractivity contribution in [3.05, 3.63) is 0 Å². The average molecular weight is 272 g/mol. The summed E-state index contributed by atoms with van der Waals surface area (Å²) in [5, 5.41) is 19.2. The molecule has 0 aromatic rings. The minimum atomic E-state index is -5.08. The summed E-state index contributed by atoms with van der Waals surface area (Å²) in [5.41, 5.74) is 0. The Balaban J connectivity index is 0.000000360. The second-order valence-electron chi connectivity index (χ2n) is 3.89. The van der Waals surface area contributed by atoms with Crippen LogP contribution in [0.2, 0.25) is 0 Å². The number of aliphatic hydroxyl groups excluding tert-OH is 1. The number of carbonyl (C=O) groups is 2. The number of amides is 1. The molecule has 106 valence electrons. The number of nitrogens with zero attached hydrogens (tertiary/aromatic N) is 1. The maximum atomic E-state index is 11.2. The summed E-state index contributed by atoms with van der Waals surface area (Å²) in [4.78, 5) is 21.7. The van der Waals surface area contributed by atoms with Gasteiger partial charge in [0, 0.05) is 20.6 Å². The van der Waals surface area contributed by atoms with Crippen LogP contribution < -0.4 is 5.32 Å². The third-order valence-electron chi connectivity index (χ3n) is 2.09. The summed E-state index contributed by atoms with van der Waals surface area (Å²) in [5.74, 6) is -2.71. The van der Waals surface area contributed by atoms with Gasteiger partial charge in [0.15, 0.2) is 0 Å². The molecule has 0 aromatic carbocycles. The van der Waals surface area contributed by atoms with Crippen LogP contribution in [0.3, 0.4) is 0 Å². The molecule has 2 atom stereocenters. The standard InChI is InChI=1S/C7H14N2O2.C2HF3O2/c1-9(2)7(11)6-3-5(10)4-8-6;3-2(4,5)1(6)7/h5-6,8,10H,3-4H2,1-2H3;(H,6,7)/t5-,6+;/m1./s1. The Kier molecular flexibility index (Phi) is 6.06. The maximum Gasteiger partial charge on any atom is 0.490 e. The largest absolute Gasteiger partial charge is 0.490 e. The third-order valence-corrected chi connectivity index (χ3v) is 2.09. The molecule has 0 bridgehead atoms. The number of aliphatic hydroxyl groups is 1. The van der Waals surface area contributed by atoms with Crippen molar-refractivity contribution in [3.63, 3.8) is 0 Å². The van der Waals surface area contributed by atoms with Gasteiger partial charge in [0.2, 0.25) is 5.91 Å². The molecule has 18 heavy (non-hydrogen) atoms. The number of carboxylic acids is 1. The number of nitrogens with one attached hydrogen (secondary N) is 1. The summed E-state index contributed by atoms with van der Waals surface area (Å²) in [6, 6.07) is -0.181. The number of hydrogen-bond donors (Lipinski definition) is 3. The first-order valence-corrected chi connectivity index (χ1v) is 4.98. The van der Waals surface area contributed by atoms with Crippen molar-refractivity contribution in [1.82, 2.24) is 10.2 Å². The van der Waals surface area contributed by atoms with Crippen molar-refractivity contribution in [2.45, 2.75) is 24.7 Å². The van der Waals surface area contributed by atoms with Crippen molar-refractivity contribution in [1.29, 1.82) is 0 Å². The van der Waals surface area contributed by atoms with Crippen LogP contribution >= 0.6 is 0 Å². The number of carbonyl (C=O) groups excluding carboxylic acids is 1. The molecule has 0 saturated carbocycles. The lowest BCUT2D eigenvalue weighted by Crippen LogP contribution is -2.39. The zero-order chi connectivity index (χ0) is 14.5. The van der Waals surface area contributed by atoms with E-state index in [1.165, 1.54) is 4.90 Å². The fourth-order valence-electron chi connectivity index (χ4n) is 1.22. The first kappa shape index (κ1) is 16.6. The van der Waals surface area contributed by atoms with Crippen LogP contribution in [0.25, 0.3) is 0 Å². The van der Waals surface area contributed by atoms with Gasteiger partial charge >= 0.3 is 12.1 Å². The number of carboxylic acid groups (broad SMARTS) is 1. The second kappa shape index (κ2) is 6.55. The molecular weight excluding hydrogens is 257 g/mol. The Labute approximate surface area is 101 Å². The number of β-amino-alcohol motifs (C(OH)–C–C–N with tert-alkyl or cyclic N) is 1. The smallest absolute Gasteiger partial charge is 0.475 e. The van der Waals surface area contributed by atoms with E-state index in [1.807, 2.05) is 0 Å². The lowest BCUT2D eigenvalue weighted by atomic mass is 10.2. The van der Waals surface area contributed by atoms with Crippen LogP contribution in [0.15, 0.2) is 0 Å². The van der Waals surface area contributed by atoms with E-state index in [9.17, 15) is 18.0 Å². The van der Waals surface area contributed by atoms with Crippen LogP contribution in [0.4, 0.5) is 13.2 Å². The molecule has 0 aliphatic carbocycles. The molecular formula is C9H15F3N2O4. The van der Waals surface area contributed by atoms with Gasteiger partial charge in [-0.2, -0.15) is 13.2 Å². The SMILES string of the molecule is CN(C)C(=O)[C@@H]1C[C@@H](O)CN1.O=C(O)C(F)(F)F. The van der Waals surface area contributed by atoms with E-state index in [-0.39, 0.29) is 18.1 Å². The molecule has 1 amide bonds. The second-order valence-corrected chi connectivity index (χ2v) is 3.89. The molecule has 1 rings (SSSR count). The first-order valence-electron chi connectivity index (χ1n) is 4.98. The van der Waals surface area contributed by atoms with Crippen LogP contribution in [0.1, 0.15) is 6.42 Å². The number of rotatable bonds is 1. The first-order chi connectivity index (χ1) is 8.05. The van der Waals surface area contributed by atoms with Gasteiger partial charge in [-0.05, 0) is 6.42 Å². The van der Waals surface area contributed by atoms with Crippen molar-refractivity contribution in [2.75, 3.05) is 20.6 Å². The number of halogens is 3. The zero-order valence-electron chi connectivity index (χ0n) is 9.86. The molecule has 1 heterocycles. The summed E-state index contributed by atoms with van der Waals surface area (Å²) in [6.07, 6.45) is -4.90. The molecule has 0 radical (unpaired) electrons. The van der Waals surface area contributed by atoms with E-state index in [4.69, 9.17) is 15.0 Å². The van der Waals surface area contributed by atoms with E-state index in [0.717, 1.165) is 0 Å². The number of alkyl halides is 3. The molecule has 1 aliphatic rings. The predicted octanol–water partition coefficient (Wildman–Crippen LogP) is -0.569. The van der Waals surface area contributed by atoms with E-state index in [1.54, 1.807) is 14.1 Å². The van der Waals surface area contributed by atoms with Crippen LogP contribution in [0.5, 0.6) is 0 Å². The third kappa shape index (κ3) is 5.82. The Morgan fingerprint density at radius 1 is 1.33 bits per heavy atom. The van der Waals surface area contributed by atoms with Gasteiger partial charge in [0.05, 0.1) is 12.1 Å². The minimum absolute atomic E-state index is 0.0431. The Bertz CT molecular complexity index is 307. The fourth-order valence-corrected chi connectivity index (χ4v) is 1.22. The molecule has 1 saturated heterocycles. The molecule has 0 spiro atoms. The van der Waals surface area contributed by atoms with E-state index < -0.39 is 12.1 Å². The van der Waals surface area contributed by atoms with E-state index in [0.29, 0.717) is 13.0 Å². The molecule has 9 heteroatoms. The van der Waals surface area contributed by atoms with Crippen LogP contribution in [-0.2, 0) is 9.59 Å². The van der Waals surface area contributed by atoms with Gasteiger partial charge in [-0.3, -0.25) is 4.79 Å². The van der Waals surface area contributed by atoms with Gasteiger partial charge in [0.25, 0.3) is 0 Å². The number of aliphatic carboxylic acids is 1. The van der Waals surface area contributed by atoms with Crippen molar-refractivity contribution >= 4 is 11.9 Å². The van der Waals surface area contributed by atoms with Crippen molar-refractivity contribution in [2.24, 2.45) is 0 Å². The lowest BCUT2D eigenvalue weighted by molar-refractivity contribution is -0.192. The van der Waals surface area contributed by atoms with Gasteiger partial charge in [0.1, 0.15) is 0 Å². The lowest BCUT2D eigenvalue weighted by Gasteiger charge is -2.15. The quantitative estimate of drug-likeness (QED) is 0.595. The Morgan fingerprint density at radius 2 is 1.78 bits per heavy atom. The highest BCUT2D eigenvalue weighted by molar-refractivity contribution is 5.81. The topological polar surface area (TPSA) is 89.9 Å². The highest BCUT2D eigenvalue weighted by Gasteiger charge is 2.38. The minimum Gasteiger partial charge on any atom is -0.475 e. The normalized spacial score (nSPS) is 23.0. The molecule has 0 aromatic heterocycles.